The van der Waals surface area contributed by atoms with E-state index in [1.807, 2.05) is 30.3 Å². The molecule has 4 rings (SSSR count). The minimum atomic E-state index is -0.277. The van der Waals surface area contributed by atoms with Crippen LogP contribution in [0.1, 0.15) is 25.0 Å². The fourth-order valence-corrected chi connectivity index (χ4v) is 3.21. The molecular formula is C16H17N5O2. The third-order valence-corrected chi connectivity index (χ3v) is 4.38. The highest BCUT2D eigenvalue weighted by atomic mass is 16.2. The number of carbonyl (C=O) groups excluding carboxylic acids is 2. The van der Waals surface area contributed by atoms with Gasteiger partial charge in [0.1, 0.15) is 11.7 Å². The Morgan fingerprint density at radius 3 is 2.74 bits per heavy atom. The van der Waals surface area contributed by atoms with Crippen LogP contribution in [-0.4, -0.2) is 49.3 Å². The van der Waals surface area contributed by atoms with Gasteiger partial charge in [-0.15, -0.1) is 0 Å². The average molecular weight is 311 g/mol. The molecule has 1 aromatic heterocycles. The molecule has 1 atom stereocenters. The number of benzene rings is 1. The van der Waals surface area contributed by atoms with Crippen LogP contribution >= 0.6 is 0 Å². The lowest BCUT2D eigenvalue weighted by atomic mass is 10.0. The Labute approximate surface area is 133 Å². The maximum atomic E-state index is 12.4. The molecule has 2 saturated heterocycles. The molecule has 0 saturated carbocycles. The zero-order chi connectivity index (χ0) is 15.8. The quantitative estimate of drug-likeness (QED) is 0.807. The van der Waals surface area contributed by atoms with Gasteiger partial charge < -0.3 is 4.90 Å². The Balaban J connectivity index is 1.53. The zero-order valence-corrected chi connectivity index (χ0v) is 12.6. The van der Waals surface area contributed by atoms with E-state index in [0.717, 1.165) is 24.9 Å². The highest BCUT2D eigenvalue weighted by molar-refractivity contribution is 6.04. The molecule has 118 valence electrons. The third-order valence-electron chi connectivity index (χ3n) is 4.38. The number of urea groups is 1. The monoisotopic (exact) mass is 311 g/mol. The summed E-state index contributed by atoms with van der Waals surface area (Å²) in [4.78, 5) is 29.3. The number of aromatic nitrogens is 3. The summed E-state index contributed by atoms with van der Waals surface area (Å²) in [6, 6.07) is 9.06. The van der Waals surface area contributed by atoms with E-state index in [-0.39, 0.29) is 24.5 Å². The summed E-state index contributed by atoms with van der Waals surface area (Å²) in [6.07, 6.45) is 4.33. The summed E-state index contributed by atoms with van der Waals surface area (Å²) in [6.45, 7) is 0.847. The molecule has 2 aliphatic heterocycles. The fourth-order valence-electron chi connectivity index (χ4n) is 3.21. The molecule has 0 spiro atoms. The second-order valence-corrected chi connectivity index (χ2v) is 5.87. The molecule has 0 aliphatic carbocycles. The minimum Gasteiger partial charge on any atom is -0.312 e. The number of imide groups is 1. The Kier molecular flexibility index (Phi) is 3.33. The van der Waals surface area contributed by atoms with Crippen LogP contribution in [0, 0.1) is 0 Å². The molecule has 1 aromatic carbocycles. The van der Waals surface area contributed by atoms with E-state index in [4.69, 9.17) is 0 Å². The van der Waals surface area contributed by atoms with Crippen molar-refractivity contribution in [2.24, 2.45) is 0 Å². The maximum absolute atomic E-state index is 12.4. The van der Waals surface area contributed by atoms with Gasteiger partial charge in [-0.1, -0.05) is 18.2 Å². The van der Waals surface area contributed by atoms with Crippen LogP contribution in [0.5, 0.6) is 0 Å². The Bertz CT molecular complexity index is 718. The predicted octanol–water partition coefficient (Wildman–Crippen LogP) is 1.58. The third kappa shape index (κ3) is 2.38. The second kappa shape index (κ2) is 5.49. The van der Waals surface area contributed by atoms with Crippen molar-refractivity contribution in [3.8, 4) is 5.69 Å². The average Bonchev–Trinajstić information content (AvgIpc) is 3.16. The van der Waals surface area contributed by atoms with Crippen LogP contribution in [0.2, 0.25) is 0 Å². The van der Waals surface area contributed by atoms with Gasteiger partial charge in [0.25, 0.3) is 5.91 Å². The van der Waals surface area contributed by atoms with Crippen LogP contribution in [0.3, 0.4) is 0 Å². The standard InChI is InChI=1S/C16H17N5O2/c22-15-14-8-4-5-9-19(14)16(23)20(15)11-12-10-17-21(18-12)13-6-2-1-3-7-13/h1-3,6-7,10,14H,4-5,8-9,11H2/t14-/m0/s1. The number of hydrogen-bond acceptors (Lipinski definition) is 4. The van der Waals surface area contributed by atoms with Gasteiger partial charge in [-0.2, -0.15) is 15.0 Å². The fraction of sp³-hybridized carbons (Fsp3) is 0.375. The number of piperidine rings is 1. The highest BCUT2D eigenvalue weighted by Crippen LogP contribution is 2.27. The molecule has 2 aliphatic rings. The van der Waals surface area contributed by atoms with E-state index < -0.39 is 0 Å². The van der Waals surface area contributed by atoms with E-state index in [9.17, 15) is 9.59 Å². The first-order valence-electron chi connectivity index (χ1n) is 7.82. The first-order chi connectivity index (χ1) is 11.2. The van der Waals surface area contributed by atoms with Crippen molar-refractivity contribution in [2.75, 3.05) is 6.54 Å². The molecule has 2 fully saturated rings. The number of rotatable bonds is 3. The van der Waals surface area contributed by atoms with Crippen molar-refractivity contribution in [3.63, 3.8) is 0 Å². The lowest BCUT2D eigenvalue weighted by molar-refractivity contribution is -0.129. The Morgan fingerprint density at radius 1 is 1.13 bits per heavy atom. The number of amides is 3. The van der Waals surface area contributed by atoms with Gasteiger partial charge in [0.2, 0.25) is 0 Å². The normalized spacial score (nSPS) is 21.0. The van der Waals surface area contributed by atoms with Crippen molar-refractivity contribution in [3.05, 3.63) is 42.2 Å². The lowest BCUT2D eigenvalue weighted by Crippen LogP contribution is -2.38. The second-order valence-electron chi connectivity index (χ2n) is 5.87. The number of fused-ring (bicyclic) bond motifs is 1. The summed E-state index contributed by atoms with van der Waals surface area (Å²) in [5.41, 5.74) is 1.45. The van der Waals surface area contributed by atoms with Gasteiger partial charge >= 0.3 is 6.03 Å². The molecule has 7 heteroatoms. The van der Waals surface area contributed by atoms with Crippen molar-refractivity contribution >= 4 is 11.9 Å². The van der Waals surface area contributed by atoms with E-state index >= 15 is 0 Å². The summed E-state index contributed by atoms with van der Waals surface area (Å²) < 4.78 is 0. The summed E-state index contributed by atoms with van der Waals surface area (Å²) in [7, 11) is 0. The Hall–Kier alpha value is -2.70. The molecule has 2 aromatic rings. The number of carbonyl (C=O) groups is 2. The van der Waals surface area contributed by atoms with Gasteiger partial charge in [-0.3, -0.25) is 9.69 Å². The first kappa shape index (κ1) is 13.9. The Morgan fingerprint density at radius 2 is 1.96 bits per heavy atom. The van der Waals surface area contributed by atoms with Crippen molar-refractivity contribution in [1.29, 1.82) is 0 Å². The molecule has 0 bridgehead atoms. The smallest absolute Gasteiger partial charge is 0.312 e. The topological polar surface area (TPSA) is 71.3 Å². The van der Waals surface area contributed by atoms with Gasteiger partial charge in [-0.05, 0) is 31.4 Å². The van der Waals surface area contributed by atoms with Crippen molar-refractivity contribution in [2.45, 2.75) is 31.8 Å². The maximum Gasteiger partial charge on any atom is 0.327 e. The molecule has 0 unspecified atom stereocenters. The van der Waals surface area contributed by atoms with Gasteiger partial charge in [-0.25, -0.2) is 4.79 Å². The van der Waals surface area contributed by atoms with Crippen LogP contribution in [0.25, 0.3) is 5.69 Å². The van der Waals surface area contributed by atoms with E-state index in [1.165, 1.54) is 9.70 Å². The van der Waals surface area contributed by atoms with Gasteiger partial charge in [0.05, 0.1) is 18.4 Å². The molecule has 0 N–H and O–H groups in total. The zero-order valence-electron chi connectivity index (χ0n) is 12.6. The van der Waals surface area contributed by atoms with E-state index in [0.29, 0.717) is 12.2 Å². The molecule has 23 heavy (non-hydrogen) atoms. The first-order valence-corrected chi connectivity index (χ1v) is 7.82. The van der Waals surface area contributed by atoms with Crippen molar-refractivity contribution < 1.29 is 9.59 Å². The van der Waals surface area contributed by atoms with E-state index in [2.05, 4.69) is 10.2 Å². The van der Waals surface area contributed by atoms with E-state index in [1.54, 1.807) is 11.1 Å². The number of hydrogen-bond donors (Lipinski definition) is 0. The summed E-state index contributed by atoms with van der Waals surface area (Å²) >= 11 is 0. The molecular weight excluding hydrogens is 294 g/mol. The van der Waals surface area contributed by atoms with Crippen molar-refractivity contribution in [1.82, 2.24) is 24.8 Å². The number of nitrogens with zero attached hydrogens (tertiary/aromatic N) is 5. The summed E-state index contributed by atoms with van der Waals surface area (Å²) in [5, 5.41) is 8.58. The molecule has 0 radical (unpaired) electrons. The molecule has 3 amide bonds. The predicted molar refractivity (Wildman–Crippen MR) is 81.7 cm³/mol. The van der Waals surface area contributed by atoms with Gasteiger partial charge in [0.15, 0.2) is 0 Å². The minimum absolute atomic E-state index is 0.107. The molecule has 7 nitrogen and oxygen atoms in total. The number of para-hydroxylation sites is 1. The van der Waals surface area contributed by atoms with Crippen LogP contribution < -0.4 is 0 Å². The molecule has 3 heterocycles. The van der Waals surface area contributed by atoms with Crippen LogP contribution in [0.15, 0.2) is 36.5 Å². The summed E-state index contributed by atoms with van der Waals surface area (Å²) in [5.74, 6) is -0.107. The van der Waals surface area contributed by atoms with Gasteiger partial charge in [0, 0.05) is 6.54 Å². The van der Waals surface area contributed by atoms with Crippen LogP contribution in [0.4, 0.5) is 4.79 Å². The lowest BCUT2D eigenvalue weighted by Gasteiger charge is -2.25. The highest BCUT2D eigenvalue weighted by Gasteiger charge is 2.45. The SMILES string of the molecule is O=C1[C@@H]2CCCCN2C(=O)N1Cc1cnn(-c2ccccc2)n1. The largest absolute Gasteiger partial charge is 0.327 e. The van der Waals surface area contributed by atoms with Crippen LogP contribution in [-0.2, 0) is 11.3 Å².